The average Bonchev–Trinajstić information content (AvgIpc) is 2.49. The van der Waals surface area contributed by atoms with Gasteiger partial charge < -0.3 is 4.74 Å². The SMILES string of the molecule is CCC1(CC)C(=O)NC(=O)N(C(C)C2CCOCC2)C1=O. The van der Waals surface area contributed by atoms with E-state index in [4.69, 9.17) is 4.74 Å². The number of hydrogen-bond donors (Lipinski definition) is 1. The van der Waals surface area contributed by atoms with Gasteiger partial charge in [-0.15, -0.1) is 0 Å². The zero-order valence-electron chi connectivity index (χ0n) is 13.0. The van der Waals surface area contributed by atoms with Gasteiger partial charge in [0.25, 0.3) is 0 Å². The molecule has 2 rings (SSSR count). The number of rotatable bonds is 4. The Morgan fingerprint density at radius 1 is 1.24 bits per heavy atom. The molecular weight excluding hydrogens is 272 g/mol. The van der Waals surface area contributed by atoms with Crippen molar-refractivity contribution in [3.8, 4) is 0 Å². The second-order valence-corrected chi connectivity index (χ2v) is 5.91. The summed E-state index contributed by atoms with van der Waals surface area (Å²) in [5.74, 6) is -0.578. The predicted octanol–water partition coefficient (Wildman–Crippen LogP) is 1.69. The molecule has 0 bridgehead atoms. The monoisotopic (exact) mass is 296 g/mol. The molecule has 0 aromatic heterocycles. The predicted molar refractivity (Wildman–Crippen MR) is 76.4 cm³/mol. The van der Waals surface area contributed by atoms with Gasteiger partial charge in [0.1, 0.15) is 5.41 Å². The van der Waals surface area contributed by atoms with Crippen LogP contribution >= 0.6 is 0 Å². The fourth-order valence-electron chi connectivity index (χ4n) is 3.35. The minimum atomic E-state index is -1.10. The zero-order valence-corrected chi connectivity index (χ0v) is 13.0. The molecule has 0 radical (unpaired) electrons. The summed E-state index contributed by atoms with van der Waals surface area (Å²) in [7, 11) is 0. The second kappa shape index (κ2) is 6.13. The lowest BCUT2D eigenvalue weighted by Crippen LogP contribution is -2.66. The van der Waals surface area contributed by atoms with Crippen molar-refractivity contribution in [1.82, 2.24) is 10.2 Å². The third-order valence-electron chi connectivity index (χ3n) is 5.06. The van der Waals surface area contributed by atoms with Gasteiger partial charge in [-0.25, -0.2) is 4.79 Å². The van der Waals surface area contributed by atoms with Crippen molar-refractivity contribution in [3.63, 3.8) is 0 Å². The van der Waals surface area contributed by atoms with Gasteiger partial charge in [-0.3, -0.25) is 19.8 Å². The third kappa shape index (κ3) is 2.57. The molecule has 1 unspecified atom stereocenters. The van der Waals surface area contributed by atoms with Gasteiger partial charge in [-0.2, -0.15) is 0 Å². The molecule has 2 fully saturated rings. The molecule has 0 aliphatic carbocycles. The summed E-state index contributed by atoms with van der Waals surface area (Å²) < 4.78 is 5.33. The maximum atomic E-state index is 12.8. The molecule has 0 saturated carbocycles. The number of ether oxygens (including phenoxy) is 1. The molecule has 2 saturated heterocycles. The normalized spacial score (nSPS) is 24.9. The van der Waals surface area contributed by atoms with E-state index >= 15 is 0 Å². The summed E-state index contributed by atoms with van der Waals surface area (Å²) in [4.78, 5) is 38.4. The average molecular weight is 296 g/mol. The van der Waals surface area contributed by atoms with Crippen LogP contribution in [-0.4, -0.2) is 42.0 Å². The quantitative estimate of drug-likeness (QED) is 0.801. The number of hydrogen-bond acceptors (Lipinski definition) is 4. The minimum absolute atomic E-state index is 0.216. The van der Waals surface area contributed by atoms with E-state index in [9.17, 15) is 14.4 Å². The molecular formula is C15H24N2O4. The van der Waals surface area contributed by atoms with Gasteiger partial charge in [0, 0.05) is 19.3 Å². The van der Waals surface area contributed by atoms with Gasteiger partial charge >= 0.3 is 6.03 Å². The second-order valence-electron chi connectivity index (χ2n) is 5.91. The van der Waals surface area contributed by atoms with Crippen molar-refractivity contribution in [2.45, 2.75) is 52.5 Å². The molecule has 118 valence electrons. The Morgan fingerprint density at radius 3 is 2.33 bits per heavy atom. The number of imide groups is 2. The molecule has 6 heteroatoms. The lowest BCUT2D eigenvalue weighted by Gasteiger charge is -2.43. The largest absolute Gasteiger partial charge is 0.381 e. The number of carbonyl (C=O) groups is 3. The number of carbonyl (C=O) groups excluding carboxylic acids is 3. The molecule has 21 heavy (non-hydrogen) atoms. The van der Waals surface area contributed by atoms with Crippen LogP contribution in [0, 0.1) is 11.3 Å². The number of urea groups is 1. The number of nitrogens with zero attached hydrogens (tertiary/aromatic N) is 1. The van der Waals surface area contributed by atoms with Crippen LogP contribution in [0.25, 0.3) is 0 Å². The van der Waals surface area contributed by atoms with Gasteiger partial charge in [-0.05, 0) is 38.5 Å². The van der Waals surface area contributed by atoms with Crippen LogP contribution in [-0.2, 0) is 14.3 Å². The van der Waals surface area contributed by atoms with Crippen molar-refractivity contribution < 1.29 is 19.1 Å². The fourth-order valence-corrected chi connectivity index (χ4v) is 3.35. The molecule has 2 heterocycles. The van der Waals surface area contributed by atoms with Crippen LogP contribution in [0.3, 0.4) is 0 Å². The Labute approximate surface area is 125 Å². The Kier molecular flexibility index (Phi) is 4.66. The summed E-state index contributed by atoms with van der Waals surface area (Å²) in [6.07, 6.45) is 2.46. The maximum absolute atomic E-state index is 12.8. The first kappa shape index (κ1) is 15.9. The van der Waals surface area contributed by atoms with Gasteiger partial charge in [-0.1, -0.05) is 13.8 Å². The van der Waals surface area contributed by atoms with Crippen LogP contribution < -0.4 is 5.32 Å². The standard InChI is InChI=1S/C15H24N2O4/c1-4-15(5-2)12(18)16-14(20)17(13(15)19)10(3)11-6-8-21-9-7-11/h10-11H,4-9H2,1-3H3,(H,16,18,20). The zero-order chi connectivity index (χ0) is 15.6. The molecule has 0 spiro atoms. The van der Waals surface area contributed by atoms with Gasteiger partial charge in [0.15, 0.2) is 0 Å². The highest BCUT2D eigenvalue weighted by Crippen LogP contribution is 2.35. The minimum Gasteiger partial charge on any atom is -0.381 e. The van der Waals surface area contributed by atoms with E-state index in [0.717, 1.165) is 12.8 Å². The van der Waals surface area contributed by atoms with Crippen molar-refractivity contribution in [2.24, 2.45) is 11.3 Å². The van der Waals surface area contributed by atoms with Crippen molar-refractivity contribution >= 4 is 17.8 Å². The van der Waals surface area contributed by atoms with Crippen LogP contribution in [0.15, 0.2) is 0 Å². The van der Waals surface area contributed by atoms with E-state index in [2.05, 4.69) is 5.32 Å². The van der Waals surface area contributed by atoms with E-state index < -0.39 is 17.4 Å². The first-order valence-corrected chi connectivity index (χ1v) is 7.74. The lowest BCUT2D eigenvalue weighted by molar-refractivity contribution is -0.154. The molecule has 0 aromatic rings. The highest BCUT2D eigenvalue weighted by Gasteiger charge is 2.53. The molecule has 4 amide bonds. The Hall–Kier alpha value is -1.43. The fraction of sp³-hybridized carbons (Fsp3) is 0.800. The Morgan fingerprint density at radius 2 is 1.81 bits per heavy atom. The Balaban J connectivity index is 2.26. The first-order chi connectivity index (χ1) is 9.97. The smallest absolute Gasteiger partial charge is 0.331 e. The number of barbiturate groups is 1. The topological polar surface area (TPSA) is 75.7 Å². The number of nitrogens with one attached hydrogen (secondary N) is 1. The van der Waals surface area contributed by atoms with E-state index in [0.29, 0.717) is 26.1 Å². The molecule has 1 atom stereocenters. The van der Waals surface area contributed by atoms with Crippen molar-refractivity contribution in [3.05, 3.63) is 0 Å². The molecule has 1 N–H and O–H groups in total. The summed E-state index contributed by atoms with van der Waals surface area (Å²) in [5.41, 5.74) is -1.10. The van der Waals surface area contributed by atoms with Crippen LogP contribution in [0.4, 0.5) is 4.79 Å². The summed E-state index contributed by atoms with van der Waals surface area (Å²) in [6.45, 7) is 6.83. The molecule has 6 nitrogen and oxygen atoms in total. The maximum Gasteiger partial charge on any atom is 0.331 e. The van der Waals surface area contributed by atoms with Crippen LogP contribution in [0.5, 0.6) is 0 Å². The van der Waals surface area contributed by atoms with Crippen LogP contribution in [0.1, 0.15) is 46.5 Å². The summed E-state index contributed by atoms with van der Waals surface area (Å²) in [6, 6.07) is -0.798. The highest BCUT2D eigenvalue weighted by atomic mass is 16.5. The molecule has 0 aromatic carbocycles. The summed E-state index contributed by atoms with van der Waals surface area (Å²) >= 11 is 0. The third-order valence-corrected chi connectivity index (χ3v) is 5.06. The first-order valence-electron chi connectivity index (χ1n) is 7.74. The van der Waals surface area contributed by atoms with E-state index in [1.165, 1.54) is 4.90 Å². The molecule has 2 aliphatic rings. The van der Waals surface area contributed by atoms with Crippen molar-refractivity contribution in [1.29, 1.82) is 0 Å². The van der Waals surface area contributed by atoms with E-state index in [1.807, 2.05) is 20.8 Å². The Bertz CT molecular complexity index is 439. The van der Waals surface area contributed by atoms with Gasteiger partial charge in [0.2, 0.25) is 11.8 Å². The summed E-state index contributed by atoms with van der Waals surface area (Å²) in [5, 5.41) is 2.37. The van der Waals surface area contributed by atoms with Crippen molar-refractivity contribution in [2.75, 3.05) is 13.2 Å². The lowest BCUT2D eigenvalue weighted by atomic mass is 9.77. The van der Waals surface area contributed by atoms with Gasteiger partial charge in [0.05, 0.1) is 0 Å². The van der Waals surface area contributed by atoms with E-state index in [-0.39, 0.29) is 17.9 Å². The molecule has 2 aliphatic heterocycles. The highest BCUT2D eigenvalue weighted by molar-refractivity contribution is 6.19. The van der Waals surface area contributed by atoms with E-state index in [1.54, 1.807) is 0 Å². The van der Waals surface area contributed by atoms with Crippen LogP contribution in [0.2, 0.25) is 0 Å². The number of amides is 4.